The summed E-state index contributed by atoms with van der Waals surface area (Å²) >= 11 is 0. The minimum atomic E-state index is -3.46. The van der Waals surface area contributed by atoms with Crippen LogP contribution in [-0.2, 0) is 32.3 Å². The monoisotopic (exact) mass is 507 g/mol. The molecule has 0 unspecified atom stereocenters. The Morgan fingerprint density at radius 3 is 2.03 bits per heavy atom. The van der Waals surface area contributed by atoms with E-state index >= 15 is 0 Å². The zero-order valence-electron chi connectivity index (χ0n) is 20.6. The lowest BCUT2D eigenvalue weighted by molar-refractivity contribution is 0.316. The molecule has 1 aliphatic rings. The van der Waals surface area contributed by atoms with E-state index in [1.165, 1.54) is 6.26 Å². The molecule has 7 nitrogen and oxygen atoms in total. The van der Waals surface area contributed by atoms with Gasteiger partial charge in [-0.25, -0.2) is 21.1 Å². The molecule has 2 aromatic carbocycles. The number of rotatable bonds is 10. The molecule has 3 rings (SSSR count). The van der Waals surface area contributed by atoms with E-state index < -0.39 is 20.0 Å². The smallest absolute Gasteiger partial charge is 0.218 e. The molecular formula is C25H37N3O4S2. The summed E-state index contributed by atoms with van der Waals surface area (Å²) in [5, 5.41) is 0. The fourth-order valence-electron chi connectivity index (χ4n) is 4.37. The Labute approximate surface area is 205 Å². The van der Waals surface area contributed by atoms with E-state index in [9.17, 15) is 16.8 Å². The first-order chi connectivity index (χ1) is 16.0. The lowest BCUT2D eigenvalue weighted by atomic mass is 10.0. The van der Waals surface area contributed by atoms with E-state index in [1.807, 2.05) is 75.5 Å². The normalized spacial score (nSPS) is 16.3. The van der Waals surface area contributed by atoms with E-state index in [-0.39, 0.29) is 17.7 Å². The summed E-state index contributed by atoms with van der Waals surface area (Å²) in [6, 6.07) is 17.6. The number of hydrogen-bond acceptors (Lipinski definition) is 5. The SMILES string of the molecule is CC(C)CN(Cc1ccc(N(C)C2CCN(S(C)(=O)=O)CC2)cc1)S(=O)(=O)Cc1ccccc1. The van der Waals surface area contributed by atoms with E-state index in [4.69, 9.17) is 0 Å². The van der Waals surface area contributed by atoms with Crippen molar-refractivity contribution < 1.29 is 16.8 Å². The van der Waals surface area contributed by atoms with Gasteiger partial charge in [-0.3, -0.25) is 0 Å². The zero-order chi connectivity index (χ0) is 24.9. The first-order valence-electron chi connectivity index (χ1n) is 11.7. The second-order valence-corrected chi connectivity index (χ2v) is 13.6. The Kier molecular flexibility index (Phi) is 8.78. The molecule has 0 aliphatic carbocycles. The molecule has 0 spiro atoms. The number of nitrogens with zero attached hydrogens (tertiary/aromatic N) is 3. The van der Waals surface area contributed by atoms with Gasteiger partial charge in [-0.15, -0.1) is 0 Å². The van der Waals surface area contributed by atoms with Gasteiger partial charge >= 0.3 is 0 Å². The summed E-state index contributed by atoms with van der Waals surface area (Å²) < 4.78 is 53.0. The van der Waals surface area contributed by atoms with Crippen LogP contribution in [-0.4, -0.2) is 64.4 Å². The van der Waals surface area contributed by atoms with Gasteiger partial charge in [0.15, 0.2) is 0 Å². The lowest BCUT2D eigenvalue weighted by Gasteiger charge is -2.37. The molecule has 0 N–H and O–H groups in total. The highest BCUT2D eigenvalue weighted by Gasteiger charge is 2.27. The summed E-state index contributed by atoms with van der Waals surface area (Å²) in [7, 11) is -4.56. The predicted octanol–water partition coefficient (Wildman–Crippen LogP) is 3.53. The van der Waals surface area contributed by atoms with E-state index in [0.717, 1.165) is 29.7 Å². The topological polar surface area (TPSA) is 78.0 Å². The van der Waals surface area contributed by atoms with Gasteiger partial charge in [0.05, 0.1) is 12.0 Å². The Bertz CT molecular complexity index is 1130. The van der Waals surface area contributed by atoms with Crippen LogP contribution < -0.4 is 4.90 Å². The van der Waals surface area contributed by atoms with Gasteiger partial charge in [0.2, 0.25) is 20.0 Å². The molecule has 1 saturated heterocycles. The maximum Gasteiger partial charge on any atom is 0.218 e. The highest BCUT2D eigenvalue weighted by Crippen LogP contribution is 2.24. The third kappa shape index (κ3) is 7.28. The van der Waals surface area contributed by atoms with Crippen molar-refractivity contribution in [3.63, 3.8) is 0 Å². The molecule has 1 fully saturated rings. The van der Waals surface area contributed by atoms with Crippen LogP contribution in [0, 0.1) is 5.92 Å². The summed E-state index contributed by atoms with van der Waals surface area (Å²) in [4.78, 5) is 2.20. The maximum atomic E-state index is 13.2. The molecule has 0 amide bonds. The van der Waals surface area contributed by atoms with Crippen LogP contribution in [0.15, 0.2) is 54.6 Å². The van der Waals surface area contributed by atoms with Crippen molar-refractivity contribution in [2.24, 2.45) is 5.92 Å². The second-order valence-electron chi connectivity index (χ2n) is 9.60. The maximum absolute atomic E-state index is 13.2. The van der Waals surface area contributed by atoms with Crippen molar-refractivity contribution in [1.82, 2.24) is 8.61 Å². The quantitative estimate of drug-likeness (QED) is 0.492. The van der Waals surface area contributed by atoms with Gasteiger partial charge in [-0.2, -0.15) is 4.31 Å². The van der Waals surface area contributed by atoms with Gasteiger partial charge in [0.1, 0.15) is 0 Å². The van der Waals surface area contributed by atoms with Crippen molar-refractivity contribution in [2.75, 3.05) is 37.8 Å². The number of piperidine rings is 1. The molecule has 9 heteroatoms. The summed E-state index contributed by atoms with van der Waals surface area (Å²) in [5.41, 5.74) is 2.78. The average Bonchev–Trinajstić information content (AvgIpc) is 2.78. The van der Waals surface area contributed by atoms with Crippen LogP contribution in [0.4, 0.5) is 5.69 Å². The van der Waals surface area contributed by atoms with Crippen molar-refractivity contribution in [1.29, 1.82) is 0 Å². The van der Waals surface area contributed by atoms with Gasteiger partial charge in [-0.05, 0) is 42.0 Å². The van der Waals surface area contributed by atoms with Gasteiger partial charge < -0.3 is 4.90 Å². The molecular weight excluding hydrogens is 470 g/mol. The summed E-state index contributed by atoms with van der Waals surface area (Å²) in [5.74, 6) is 0.210. The van der Waals surface area contributed by atoms with Gasteiger partial charge in [0, 0.05) is 45.0 Å². The molecule has 34 heavy (non-hydrogen) atoms. The Balaban J connectivity index is 1.67. The standard InChI is InChI=1S/C25H37N3O4S2/c1-21(2)18-28(34(31,32)20-23-8-6-5-7-9-23)19-22-10-12-24(13-11-22)26(3)25-14-16-27(17-15-25)33(4,29)30/h5-13,21,25H,14-20H2,1-4H3. The van der Waals surface area contributed by atoms with Crippen LogP contribution in [0.2, 0.25) is 0 Å². The molecule has 0 saturated carbocycles. The van der Waals surface area contributed by atoms with Crippen LogP contribution in [0.1, 0.15) is 37.8 Å². The van der Waals surface area contributed by atoms with Crippen molar-refractivity contribution in [3.8, 4) is 0 Å². The summed E-state index contributed by atoms with van der Waals surface area (Å²) in [6.45, 7) is 5.93. The third-order valence-corrected chi connectivity index (χ3v) is 9.36. The van der Waals surface area contributed by atoms with Gasteiger partial charge in [0.25, 0.3) is 0 Å². The lowest BCUT2D eigenvalue weighted by Crippen LogP contribution is -2.45. The molecule has 1 heterocycles. The predicted molar refractivity (Wildman–Crippen MR) is 139 cm³/mol. The van der Waals surface area contributed by atoms with Crippen molar-refractivity contribution in [3.05, 3.63) is 65.7 Å². The molecule has 1 aliphatic heterocycles. The van der Waals surface area contributed by atoms with Crippen LogP contribution >= 0.6 is 0 Å². The molecule has 2 aromatic rings. The average molecular weight is 508 g/mol. The largest absolute Gasteiger partial charge is 0.372 e. The minimum absolute atomic E-state index is 0.00639. The Morgan fingerprint density at radius 1 is 0.912 bits per heavy atom. The molecule has 0 aromatic heterocycles. The molecule has 0 bridgehead atoms. The Morgan fingerprint density at radius 2 is 1.50 bits per heavy atom. The highest BCUT2D eigenvalue weighted by atomic mass is 32.2. The first kappa shape index (κ1) is 26.7. The summed E-state index contributed by atoms with van der Waals surface area (Å²) in [6.07, 6.45) is 2.83. The first-order valence-corrected chi connectivity index (χ1v) is 15.2. The number of hydrogen-bond donors (Lipinski definition) is 0. The zero-order valence-corrected chi connectivity index (χ0v) is 22.2. The van der Waals surface area contributed by atoms with Crippen molar-refractivity contribution >= 4 is 25.7 Å². The van der Waals surface area contributed by atoms with Crippen molar-refractivity contribution in [2.45, 2.75) is 45.0 Å². The van der Waals surface area contributed by atoms with E-state index in [1.54, 1.807) is 8.61 Å². The Hall–Kier alpha value is -1.94. The molecule has 0 radical (unpaired) electrons. The number of anilines is 1. The second kappa shape index (κ2) is 11.2. The highest BCUT2D eigenvalue weighted by molar-refractivity contribution is 7.88. The minimum Gasteiger partial charge on any atom is -0.372 e. The van der Waals surface area contributed by atoms with E-state index in [2.05, 4.69) is 4.90 Å². The van der Waals surface area contributed by atoms with E-state index in [0.29, 0.717) is 26.2 Å². The third-order valence-electron chi connectivity index (χ3n) is 6.30. The molecule has 188 valence electrons. The number of sulfonamides is 2. The van der Waals surface area contributed by atoms with Crippen LogP contribution in [0.5, 0.6) is 0 Å². The number of benzene rings is 2. The van der Waals surface area contributed by atoms with Gasteiger partial charge in [-0.1, -0.05) is 56.3 Å². The molecule has 0 atom stereocenters. The van der Waals surface area contributed by atoms with Crippen LogP contribution in [0.3, 0.4) is 0 Å². The fourth-order valence-corrected chi connectivity index (χ4v) is 6.91. The fraction of sp³-hybridized carbons (Fsp3) is 0.520. The van der Waals surface area contributed by atoms with Crippen LogP contribution in [0.25, 0.3) is 0 Å².